The number of hydrogen-bond acceptors (Lipinski definition) is 3. The minimum absolute atomic E-state index is 0.0768. The molecular weight excluding hydrogens is 322 g/mol. The third kappa shape index (κ3) is 2.62. The van der Waals surface area contributed by atoms with Crippen molar-refractivity contribution in [3.8, 4) is 0 Å². The Bertz CT molecular complexity index is 520. The number of hydrogen-bond donors (Lipinski definition) is 0. The van der Waals surface area contributed by atoms with E-state index < -0.39 is 0 Å². The third-order valence-electron chi connectivity index (χ3n) is 3.91. The molecule has 0 radical (unpaired) electrons. The minimum atomic E-state index is 0.0768. The van der Waals surface area contributed by atoms with E-state index in [-0.39, 0.29) is 18.1 Å². The summed E-state index contributed by atoms with van der Waals surface area (Å²) >= 11 is 3.42. The van der Waals surface area contributed by atoms with E-state index in [1.807, 2.05) is 30.0 Å². The first kappa shape index (κ1) is 14.0. The molecule has 3 rings (SSSR count). The average Bonchev–Trinajstić information content (AvgIpc) is 2.94. The van der Waals surface area contributed by atoms with E-state index in [1.54, 1.807) is 0 Å². The largest absolute Gasteiger partial charge is 0.373 e. The van der Waals surface area contributed by atoms with Crippen LogP contribution in [-0.4, -0.2) is 41.4 Å². The molecule has 4 nitrogen and oxygen atoms in total. The summed E-state index contributed by atoms with van der Waals surface area (Å²) in [6.07, 6.45) is 0.0768. The maximum Gasteiger partial charge on any atom is 0.254 e. The Balaban J connectivity index is 1.80. The van der Waals surface area contributed by atoms with Gasteiger partial charge in [0.1, 0.15) is 0 Å². The molecule has 0 N–H and O–H groups in total. The van der Waals surface area contributed by atoms with Crippen LogP contribution in [0.3, 0.4) is 0 Å². The van der Waals surface area contributed by atoms with Crippen molar-refractivity contribution in [2.24, 2.45) is 0 Å². The Hall–Kier alpha value is -0.910. The molecule has 5 heteroatoms. The summed E-state index contributed by atoms with van der Waals surface area (Å²) in [6, 6.07) is 5.99. The maximum absolute atomic E-state index is 12.7. The number of nitrogens with zero attached hydrogens (tertiary/aromatic N) is 1. The lowest BCUT2D eigenvalue weighted by Crippen LogP contribution is -2.51. The van der Waals surface area contributed by atoms with Crippen LogP contribution in [0, 0.1) is 0 Å². The highest BCUT2D eigenvalue weighted by molar-refractivity contribution is 9.09. The molecule has 2 aliphatic rings. The summed E-state index contributed by atoms with van der Waals surface area (Å²) in [5.41, 5.74) is 3.07. The van der Waals surface area contributed by atoms with Crippen molar-refractivity contribution in [2.75, 3.05) is 18.5 Å². The minimum Gasteiger partial charge on any atom is -0.373 e. The number of rotatable bonds is 2. The predicted molar refractivity (Wildman–Crippen MR) is 79.0 cm³/mol. The molecule has 2 atom stereocenters. The monoisotopic (exact) mass is 339 g/mol. The van der Waals surface area contributed by atoms with Crippen LogP contribution >= 0.6 is 15.9 Å². The fourth-order valence-corrected chi connectivity index (χ4v) is 3.06. The quantitative estimate of drug-likeness (QED) is 0.776. The van der Waals surface area contributed by atoms with E-state index in [0.29, 0.717) is 26.4 Å². The number of amides is 1. The lowest BCUT2D eigenvalue weighted by molar-refractivity contribution is -0.0361. The molecule has 0 spiro atoms. The highest BCUT2D eigenvalue weighted by Crippen LogP contribution is 2.23. The number of benzene rings is 1. The average molecular weight is 340 g/mol. The van der Waals surface area contributed by atoms with Crippen LogP contribution < -0.4 is 0 Å². The summed E-state index contributed by atoms with van der Waals surface area (Å²) in [5.74, 6) is 0.0847. The second kappa shape index (κ2) is 5.84. The molecular formula is C15H18BrNO3. The molecule has 0 aromatic heterocycles. The molecule has 0 saturated carbocycles. The number of ether oxygens (including phenoxy) is 2. The van der Waals surface area contributed by atoms with Crippen LogP contribution in [0.1, 0.15) is 28.4 Å². The van der Waals surface area contributed by atoms with Gasteiger partial charge in [-0.05, 0) is 30.2 Å². The first-order chi connectivity index (χ1) is 9.69. The molecule has 1 aromatic rings. The van der Waals surface area contributed by atoms with Crippen molar-refractivity contribution in [1.82, 2.24) is 4.90 Å². The molecule has 1 aromatic carbocycles. The van der Waals surface area contributed by atoms with E-state index in [2.05, 4.69) is 15.9 Å². The Labute approximate surface area is 127 Å². The zero-order valence-corrected chi connectivity index (χ0v) is 13.1. The summed E-state index contributed by atoms with van der Waals surface area (Å²) in [6.45, 7) is 4.52. The van der Waals surface area contributed by atoms with Crippen LogP contribution in [0.4, 0.5) is 0 Å². The molecule has 2 heterocycles. The van der Waals surface area contributed by atoms with E-state index in [4.69, 9.17) is 9.47 Å². The molecule has 1 saturated heterocycles. The van der Waals surface area contributed by atoms with Gasteiger partial charge >= 0.3 is 0 Å². The molecule has 20 heavy (non-hydrogen) atoms. The van der Waals surface area contributed by atoms with Crippen LogP contribution in [0.25, 0.3) is 0 Å². The fourth-order valence-electron chi connectivity index (χ4n) is 2.66. The number of halogens is 1. The van der Waals surface area contributed by atoms with Gasteiger partial charge in [-0.2, -0.15) is 0 Å². The number of carbonyl (C=O) groups is 1. The van der Waals surface area contributed by atoms with Gasteiger partial charge in [0.15, 0.2) is 0 Å². The van der Waals surface area contributed by atoms with Crippen LogP contribution in [0.15, 0.2) is 18.2 Å². The Morgan fingerprint density at radius 3 is 3.00 bits per heavy atom. The van der Waals surface area contributed by atoms with Crippen LogP contribution in [0.5, 0.6) is 0 Å². The van der Waals surface area contributed by atoms with E-state index >= 15 is 0 Å². The molecule has 2 aliphatic heterocycles. The Morgan fingerprint density at radius 1 is 1.40 bits per heavy atom. The van der Waals surface area contributed by atoms with Crippen LogP contribution in [-0.2, 0) is 22.7 Å². The van der Waals surface area contributed by atoms with Gasteiger partial charge in [0, 0.05) is 17.4 Å². The first-order valence-corrected chi connectivity index (χ1v) is 7.99. The number of carbonyl (C=O) groups excluding carboxylic acids is 1. The predicted octanol–water partition coefficient (Wildman–Crippen LogP) is 2.34. The van der Waals surface area contributed by atoms with Crippen molar-refractivity contribution >= 4 is 21.8 Å². The van der Waals surface area contributed by atoms with Crippen molar-refractivity contribution in [1.29, 1.82) is 0 Å². The standard InChI is InChI=1S/C15H18BrNO3/c1-10-7-20-14(5-16)6-17(10)15(18)11-2-3-12-8-19-9-13(12)4-11/h2-4,10,14H,5-9H2,1H3. The lowest BCUT2D eigenvalue weighted by Gasteiger charge is -2.37. The summed E-state index contributed by atoms with van der Waals surface area (Å²) in [7, 11) is 0. The fraction of sp³-hybridized carbons (Fsp3) is 0.533. The summed E-state index contributed by atoms with van der Waals surface area (Å²) < 4.78 is 11.1. The highest BCUT2D eigenvalue weighted by Gasteiger charge is 2.30. The van der Waals surface area contributed by atoms with Crippen molar-refractivity contribution in [3.05, 3.63) is 34.9 Å². The van der Waals surface area contributed by atoms with E-state index in [1.165, 1.54) is 5.56 Å². The van der Waals surface area contributed by atoms with Gasteiger partial charge in [0.2, 0.25) is 0 Å². The maximum atomic E-state index is 12.7. The Kier molecular flexibility index (Phi) is 4.10. The second-order valence-corrected chi connectivity index (χ2v) is 6.04. The molecule has 1 fully saturated rings. The lowest BCUT2D eigenvalue weighted by atomic mass is 10.0. The zero-order chi connectivity index (χ0) is 14.1. The summed E-state index contributed by atoms with van der Waals surface area (Å²) in [5, 5.41) is 0.752. The Morgan fingerprint density at radius 2 is 2.20 bits per heavy atom. The normalized spacial score (nSPS) is 25.6. The van der Waals surface area contributed by atoms with Crippen molar-refractivity contribution in [3.63, 3.8) is 0 Å². The van der Waals surface area contributed by atoms with Gasteiger partial charge in [0.25, 0.3) is 5.91 Å². The van der Waals surface area contributed by atoms with E-state index in [9.17, 15) is 4.79 Å². The third-order valence-corrected chi connectivity index (χ3v) is 4.63. The van der Waals surface area contributed by atoms with Gasteiger partial charge < -0.3 is 14.4 Å². The van der Waals surface area contributed by atoms with Gasteiger partial charge in [-0.1, -0.05) is 22.0 Å². The van der Waals surface area contributed by atoms with Crippen LogP contribution in [0.2, 0.25) is 0 Å². The van der Waals surface area contributed by atoms with Gasteiger partial charge in [-0.15, -0.1) is 0 Å². The van der Waals surface area contributed by atoms with Crippen molar-refractivity contribution in [2.45, 2.75) is 32.3 Å². The number of morpholine rings is 1. The van der Waals surface area contributed by atoms with E-state index in [0.717, 1.165) is 16.5 Å². The summed E-state index contributed by atoms with van der Waals surface area (Å²) in [4.78, 5) is 14.6. The topological polar surface area (TPSA) is 38.8 Å². The molecule has 0 aliphatic carbocycles. The zero-order valence-electron chi connectivity index (χ0n) is 11.5. The smallest absolute Gasteiger partial charge is 0.254 e. The number of alkyl halides is 1. The van der Waals surface area contributed by atoms with Gasteiger partial charge in [-0.3, -0.25) is 4.79 Å². The van der Waals surface area contributed by atoms with Gasteiger partial charge in [-0.25, -0.2) is 0 Å². The molecule has 0 bridgehead atoms. The molecule has 108 valence electrons. The second-order valence-electron chi connectivity index (χ2n) is 5.39. The van der Waals surface area contributed by atoms with Crippen molar-refractivity contribution < 1.29 is 14.3 Å². The highest BCUT2D eigenvalue weighted by atomic mass is 79.9. The van der Waals surface area contributed by atoms with Gasteiger partial charge in [0.05, 0.1) is 32.0 Å². The first-order valence-electron chi connectivity index (χ1n) is 6.87. The SMILES string of the molecule is CC1COC(CBr)CN1C(=O)c1ccc2c(c1)COC2. The molecule has 2 unspecified atom stereocenters. The number of fused-ring (bicyclic) bond motifs is 1. The molecule has 1 amide bonds.